The van der Waals surface area contributed by atoms with Gasteiger partial charge in [0.25, 0.3) is 0 Å². The van der Waals surface area contributed by atoms with Crippen LogP contribution in [-0.4, -0.2) is 33.1 Å². The van der Waals surface area contributed by atoms with E-state index in [9.17, 15) is 5.11 Å². The molecule has 0 spiro atoms. The molecule has 0 amide bonds. The van der Waals surface area contributed by atoms with E-state index in [1.165, 1.54) is 41.9 Å². The lowest BCUT2D eigenvalue weighted by Crippen LogP contribution is -2.32. The van der Waals surface area contributed by atoms with Gasteiger partial charge in [0, 0.05) is 23.2 Å². The van der Waals surface area contributed by atoms with Crippen molar-refractivity contribution >= 4 is 33.1 Å². The zero-order chi connectivity index (χ0) is 21.2. The number of likely N-dealkylation sites (tertiary alicyclic amines) is 1. The van der Waals surface area contributed by atoms with Crippen LogP contribution in [0.2, 0.25) is 0 Å². The largest absolute Gasteiger partial charge is 0.508 e. The fourth-order valence-corrected chi connectivity index (χ4v) is 5.12. The van der Waals surface area contributed by atoms with Gasteiger partial charge in [0.15, 0.2) is 5.82 Å². The highest BCUT2D eigenvalue weighted by atomic mass is 32.1. The van der Waals surface area contributed by atoms with Crippen molar-refractivity contribution in [3.05, 3.63) is 66.5 Å². The molecule has 1 aliphatic rings. The van der Waals surface area contributed by atoms with E-state index in [2.05, 4.69) is 57.4 Å². The maximum atomic E-state index is 9.72. The molecule has 0 aliphatic carbocycles. The van der Waals surface area contributed by atoms with Gasteiger partial charge < -0.3 is 10.4 Å². The molecule has 4 aromatic rings. The molecular weight excluding hydrogens is 404 g/mol. The van der Waals surface area contributed by atoms with Gasteiger partial charge in [-0.15, -0.1) is 11.3 Å². The molecule has 5 rings (SSSR count). The van der Waals surface area contributed by atoms with E-state index in [0.29, 0.717) is 0 Å². The summed E-state index contributed by atoms with van der Waals surface area (Å²) in [4.78, 5) is 12.6. The third-order valence-corrected chi connectivity index (χ3v) is 7.12. The molecule has 1 saturated heterocycles. The molecule has 2 aromatic carbocycles. The Kier molecular flexibility index (Phi) is 5.57. The van der Waals surface area contributed by atoms with Crippen molar-refractivity contribution in [1.82, 2.24) is 14.9 Å². The maximum absolute atomic E-state index is 9.72. The second-order valence-corrected chi connectivity index (χ2v) is 9.43. The average molecular weight is 431 g/mol. The lowest BCUT2D eigenvalue weighted by atomic mass is 9.99. The second-order valence-electron chi connectivity index (χ2n) is 8.38. The smallest absolute Gasteiger partial charge is 0.151 e. The van der Waals surface area contributed by atoms with E-state index in [-0.39, 0.29) is 5.75 Å². The molecule has 158 valence electrons. The number of benzene rings is 2. The molecule has 1 aliphatic heterocycles. The number of thiophene rings is 1. The number of hydrogen-bond acceptors (Lipinski definition) is 6. The van der Waals surface area contributed by atoms with Crippen molar-refractivity contribution in [2.24, 2.45) is 5.92 Å². The van der Waals surface area contributed by atoms with E-state index < -0.39 is 0 Å². The minimum absolute atomic E-state index is 0.223. The molecule has 2 aromatic heterocycles. The first kappa shape index (κ1) is 20.0. The number of aromatic hydroxyl groups is 1. The standard InChI is InChI=1S/C25H26N4OS/c1-17-9-11-29(12-10-17)15-18-5-7-19(8-6-18)23-14-22-24(31-23)25(27-16-26-22)28-20-3-2-4-21(30)13-20/h2-8,13-14,16-17,30H,9-12,15H2,1H3,(H,26,27,28). The van der Waals surface area contributed by atoms with Crippen LogP contribution in [0.15, 0.2) is 60.9 Å². The third kappa shape index (κ3) is 4.55. The maximum Gasteiger partial charge on any atom is 0.151 e. The first-order valence-electron chi connectivity index (χ1n) is 10.8. The molecular formula is C25H26N4OS. The molecule has 1 fully saturated rings. The van der Waals surface area contributed by atoms with E-state index in [1.54, 1.807) is 29.8 Å². The molecule has 2 N–H and O–H groups in total. The number of fused-ring (bicyclic) bond motifs is 1. The fraction of sp³-hybridized carbons (Fsp3) is 0.280. The van der Waals surface area contributed by atoms with E-state index in [1.807, 2.05) is 12.1 Å². The quantitative estimate of drug-likeness (QED) is 0.404. The van der Waals surface area contributed by atoms with Crippen molar-refractivity contribution in [2.45, 2.75) is 26.3 Å². The lowest BCUT2D eigenvalue weighted by Gasteiger charge is -2.30. The Labute approximate surface area is 186 Å². The molecule has 0 bridgehead atoms. The highest BCUT2D eigenvalue weighted by Gasteiger charge is 2.16. The van der Waals surface area contributed by atoms with Gasteiger partial charge in [-0.25, -0.2) is 9.97 Å². The number of hydrogen-bond donors (Lipinski definition) is 2. The Bertz CT molecular complexity index is 1180. The number of nitrogens with one attached hydrogen (secondary N) is 1. The summed E-state index contributed by atoms with van der Waals surface area (Å²) in [5.74, 6) is 1.84. The minimum atomic E-state index is 0.223. The van der Waals surface area contributed by atoms with Crippen LogP contribution in [0.5, 0.6) is 5.75 Å². The van der Waals surface area contributed by atoms with E-state index >= 15 is 0 Å². The van der Waals surface area contributed by atoms with Crippen LogP contribution in [0, 0.1) is 5.92 Å². The molecule has 31 heavy (non-hydrogen) atoms. The zero-order valence-corrected chi connectivity index (χ0v) is 18.4. The van der Waals surface area contributed by atoms with Crippen molar-refractivity contribution in [3.8, 4) is 16.2 Å². The highest BCUT2D eigenvalue weighted by molar-refractivity contribution is 7.22. The van der Waals surface area contributed by atoms with E-state index in [4.69, 9.17) is 0 Å². The van der Waals surface area contributed by atoms with Gasteiger partial charge in [-0.3, -0.25) is 4.90 Å². The normalized spacial score (nSPS) is 15.4. The minimum Gasteiger partial charge on any atom is -0.508 e. The summed E-state index contributed by atoms with van der Waals surface area (Å²) >= 11 is 1.68. The predicted octanol–water partition coefficient (Wildman–Crippen LogP) is 6.04. The average Bonchev–Trinajstić information content (AvgIpc) is 3.21. The molecule has 5 nitrogen and oxygen atoms in total. The van der Waals surface area contributed by atoms with Crippen LogP contribution < -0.4 is 5.32 Å². The number of anilines is 2. The Morgan fingerprint density at radius 1 is 1.06 bits per heavy atom. The molecule has 0 saturated carbocycles. The number of phenols is 1. The molecule has 0 unspecified atom stereocenters. The van der Waals surface area contributed by atoms with Gasteiger partial charge >= 0.3 is 0 Å². The number of phenolic OH excluding ortho intramolecular Hbond substituents is 1. The number of nitrogens with zero attached hydrogens (tertiary/aromatic N) is 3. The first-order valence-corrected chi connectivity index (χ1v) is 11.6. The summed E-state index contributed by atoms with van der Waals surface area (Å²) in [6.45, 7) is 5.79. The second kappa shape index (κ2) is 8.65. The highest BCUT2D eigenvalue weighted by Crippen LogP contribution is 2.37. The van der Waals surface area contributed by atoms with Crippen LogP contribution in [0.25, 0.3) is 20.7 Å². The van der Waals surface area contributed by atoms with Gasteiger partial charge in [0.1, 0.15) is 12.1 Å². The molecule has 6 heteroatoms. The summed E-state index contributed by atoms with van der Waals surface area (Å²) in [5, 5.41) is 13.0. The Hall–Kier alpha value is -2.96. The Morgan fingerprint density at radius 2 is 1.87 bits per heavy atom. The van der Waals surface area contributed by atoms with Gasteiger partial charge in [-0.05, 0) is 61.2 Å². The van der Waals surface area contributed by atoms with Gasteiger partial charge in [0.2, 0.25) is 0 Å². The molecule has 0 atom stereocenters. The van der Waals surface area contributed by atoms with Crippen LogP contribution in [0.3, 0.4) is 0 Å². The van der Waals surface area contributed by atoms with Crippen molar-refractivity contribution in [3.63, 3.8) is 0 Å². The summed E-state index contributed by atoms with van der Waals surface area (Å²) in [7, 11) is 0. The predicted molar refractivity (Wildman–Crippen MR) is 128 cm³/mol. The van der Waals surface area contributed by atoms with Crippen LogP contribution in [0.4, 0.5) is 11.5 Å². The number of aromatic nitrogens is 2. The lowest BCUT2D eigenvalue weighted by molar-refractivity contribution is 0.185. The number of rotatable bonds is 5. The monoisotopic (exact) mass is 430 g/mol. The Balaban J connectivity index is 1.35. The zero-order valence-electron chi connectivity index (χ0n) is 17.6. The van der Waals surface area contributed by atoms with Crippen molar-refractivity contribution in [2.75, 3.05) is 18.4 Å². The topological polar surface area (TPSA) is 61.3 Å². The van der Waals surface area contributed by atoms with E-state index in [0.717, 1.165) is 34.2 Å². The fourth-order valence-electron chi connectivity index (χ4n) is 4.06. The number of piperidine rings is 1. The first-order chi connectivity index (χ1) is 15.1. The SMILES string of the molecule is CC1CCN(Cc2ccc(-c3cc4ncnc(Nc5cccc(O)c5)c4s3)cc2)CC1. The van der Waals surface area contributed by atoms with Gasteiger partial charge in [-0.2, -0.15) is 0 Å². The van der Waals surface area contributed by atoms with Crippen molar-refractivity contribution in [1.29, 1.82) is 0 Å². The van der Waals surface area contributed by atoms with Crippen LogP contribution >= 0.6 is 11.3 Å². The third-order valence-electron chi connectivity index (χ3n) is 5.94. The van der Waals surface area contributed by atoms with Crippen LogP contribution in [0.1, 0.15) is 25.3 Å². The Morgan fingerprint density at radius 3 is 2.65 bits per heavy atom. The molecule has 0 radical (unpaired) electrons. The summed E-state index contributed by atoms with van der Waals surface area (Å²) in [6, 6.07) is 18.1. The van der Waals surface area contributed by atoms with Gasteiger partial charge in [0.05, 0.1) is 10.2 Å². The summed E-state index contributed by atoms with van der Waals surface area (Å²) in [5.41, 5.74) is 4.28. The van der Waals surface area contributed by atoms with Crippen molar-refractivity contribution < 1.29 is 5.11 Å². The van der Waals surface area contributed by atoms with Crippen LogP contribution in [-0.2, 0) is 6.54 Å². The molecule has 3 heterocycles. The summed E-state index contributed by atoms with van der Waals surface area (Å²) in [6.07, 6.45) is 4.19. The van der Waals surface area contributed by atoms with Gasteiger partial charge in [-0.1, -0.05) is 37.3 Å². The summed E-state index contributed by atoms with van der Waals surface area (Å²) < 4.78 is 1.01.